The molecule has 3 heterocycles. The molecule has 1 aromatic heterocycles. The minimum Gasteiger partial charge on any atom is -0.314 e. The molecule has 0 spiro atoms. The molecule has 2 saturated heterocycles. The van der Waals surface area contributed by atoms with Crippen molar-refractivity contribution in [3.05, 3.63) is 29.6 Å². The number of aromatic nitrogens is 1. The van der Waals surface area contributed by atoms with Crippen molar-refractivity contribution in [3.63, 3.8) is 0 Å². The monoisotopic (exact) mass is 274 g/mol. The van der Waals surface area contributed by atoms with E-state index in [1.807, 2.05) is 7.05 Å². The van der Waals surface area contributed by atoms with Crippen molar-refractivity contribution in [2.45, 2.75) is 44.4 Å². The van der Waals surface area contributed by atoms with Crippen molar-refractivity contribution in [3.8, 4) is 0 Å². The highest BCUT2D eigenvalue weighted by Gasteiger charge is 2.34. The van der Waals surface area contributed by atoms with Crippen LogP contribution in [0.25, 0.3) is 0 Å². The first-order valence-corrected chi connectivity index (χ1v) is 7.80. The van der Waals surface area contributed by atoms with Gasteiger partial charge < -0.3 is 5.32 Å². The second-order valence-electron chi connectivity index (χ2n) is 6.22. The Morgan fingerprint density at radius 3 is 2.85 bits per heavy atom. The number of rotatable bonds is 4. The van der Waals surface area contributed by atoms with Gasteiger partial charge in [-0.2, -0.15) is 0 Å². The lowest BCUT2D eigenvalue weighted by Gasteiger charge is -2.25. The summed E-state index contributed by atoms with van der Waals surface area (Å²) in [6.45, 7) is 4.25. The van der Waals surface area contributed by atoms with Crippen LogP contribution in [0.5, 0.6) is 0 Å². The molecule has 20 heavy (non-hydrogen) atoms. The summed E-state index contributed by atoms with van der Waals surface area (Å²) in [4.78, 5) is 9.94. The Morgan fingerprint density at radius 2 is 2.00 bits per heavy atom. The summed E-state index contributed by atoms with van der Waals surface area (Å²) in [5, 5.41) is 3.17. The standard InChI is InChI=1S/C16H26N4/c1-17-10-13-4-3-5-14(18-13)11-20-9-8-15-6-7-16(12-20)19(15)2/h3-5,15-17H,6-12H2,1-2H3. The summed E-state index contributed by atoms with van der Waals surface area (Å²) in [6.07, 6.45) is 4.07. The molecule has 0 radical (unpaired) electrons. The summed E-state index contributed by atoms with van der Waals surface area (Å²) in [5.41, 5.74) is 2.34. The predicted octanol–water partition coefficient (Wildman–Crippen LogP) is 1.47. The van der Waals surface area contributed by atoms with Crippen LogP contribution in [0.15, 0.2) is 18.2 Å². The number of hydrogen-bond donors (Lipinski definition) is 1. The van der Waals surface area contributed by atoms with Gasteiger partial charge in [0.15, 0.2) is 0 Å². The van der Waals surface area contributed by atoms with Crippen LogP contribution in [0, 0.1) is 0 Å². The molecule has 2 fully saturated rings. The predicted molar refractivity (Wildman–Crippen MR) is 81.5 cm³/mol. The smallest absolute Gasteiger partial charge is 0.0547 e. The molecule has 2 aliphatic rings. The Hall–Kier alpha value is -0.970. The molecule has 2 aliphatic heterocycles. The minimum absolute atomic E-state index is 0.753. The molecule has 4 heteroatoms. The molecule has 110 valence electrons. The van der Waals surface area contributed by atoms with Crippen molar-refractivity contribution in [1.82, 2.24) is 20.1 Å². The Kier molecular flexibility index (Phi) is 4.34. The average molecular weight is 274 g/mol. The van der Waals surface area contributed by atoms with Crippen LogP contribution in [0.1, 0.15) is 30.7 Å². The van der Waals surface area contributed by atoms with E-state index in [1.54, 1.807) is 0 Å². The van der Waals surface area contributed by atoms with Gasteiger partial charge in [-0.15, -0.1) is 0 Å². The fourth-order valence-corrected chi connectivity index (χ4v) is 3.65. The third kappa shape index (κ3) is 3.03. The Morgan fingerprint density at radius 1 is 1.20 bits per heavy atom. The zero-order chi connectivity index (χ0) is 13.9. The van der Waals surface area contributed by atoms with E-state index in [2.05, 4.69) is 40.4 Å². The molecule has 2 atom stereocenters. The third-order valence-corrected chi connectivity index (χ3v) is 4.84. The lowest BCUT2D eigenvalue weighted by molar-refractivity contribution is 0.213. The van der Waals surface area contributed by atoms with Crippen molar-refractivity contribution >= 4 is 0 Å². The lowest BCUT2D eigenvalue weighted by atomic mass is 10.1. The first-order valence-electron chi connectivity index (χ1n) is 7.80. The molecule has 2 unspecified atom stereocenters. The minimum atomic E-state index is 0.753. The number of nitrogens with zero attached hydrogens (tertiary/aromatic N) is 3. The van der Waals surface area contributed by atoms with E-state index in [-0.39, 0.29) is 0 Å². The zero-order valence-electron chi connectivity index (χ0n) is 12.7. The quantitative estimate of drug-likeness (QED) is 0.901. The van der Waals surface area contributed by atoms with E-state index in [0.29, 0.717) is 0 Å². The average Bonchev–Trinajstić information content (AvgIpc) is 2.68. The van der Waals surface area contributed by atoms with Crippen LogP contribution in [-0.4, -0.2) is 54.1 Å². The molecule has 3 rings (SSSR count). The lowest BCUT2D eigenvalue weighted by Crippen LogP contribution is -2.36. The summed E-state index contributed by atoms with van der Waals surface area (Å²) in [5.74, 6) is 0. The first kappa shape index (κ1) is 14.0. The molecule has 1 aromatic rings. The van der Waals surface area contributed by atoms with Gasteiger partial charge in [0.05, 0.1) is 11.4 Å². The van der Waals surface area contributed by atoms with Crippen LogP contribution in [-0.2, 0) is 13.1 Å². The van der Waals surface area contributed by atoms with Gasteiger partial charge in [0.25, 0.3) is 0 Å². The van der Waals surface area contributed by atoms with E-state index >= 15 is 0 Å². The second kappa shape index (κ2) is 6.20. The molecule has 0 saturated carbocycles. The molecule has 1 N–H and O–H groups in total. The van der Waals surface area contributed by atoms with Gasteiger partial charge in [0.1, 0.15) is 0 Å². The number of hydrogen-bond acceptors (Lipinski definition) is 4. The second-order valence-corrected chi connectivity index (χ2v) is 6.22. The summed E-state index contributed by atoms with van der Waals surface area (Å²) >= 11 is 0. The topological polar surface area (TPSA) is 31.4 Å². The highest BCUT2D eigenvalue weighted by atomic mass is 15.3. The summed E-state index contributed by atoms with van der Waals surface area (Å²) < 4.78 is 0. The number of fused-ring (bicyclic) bond motifs is 2. The van der Waals surface area contributed by atoms with E-state index in [1.165, 1.54) is 38.0 Å². The maximum Gasteiger partial charge on any atom is 0.0547 e. The maximum atomic E-state index is 4.75. The third-order valence-electron chi connectivity index (χ3n) is 4.84. The number of pyridine rings is 1. The van der Waals surface area contributed by atoms with Crippen molar-refractivity contribution in [1.29, 1.82) is 0 Å². The van der Waals surface area contributed by atoms with Crippen LogP contribution >= 0.6 is 0 Å². The fraction of sp³-hybridized carbons (Fsp3) is 0.688. The van der Waals surface area contributed by atoms with E-state index in [4.69, 9.17) is 4.98 Å². The first-order chi connectivity index (χ1) is 9.76. The Balaban J connectivity index is 1.64. The highest BCUT2D eigenvalue weighted by Crippen LogP contribution is 2.28. The van der Waals surface area contributed by atoms with Gasteiger partial charge >= 0.3 is 0 Å². The van der Waals surface area contributed by atoms with Crippen LogP contribution in [0.2, 0.25) is 0 Å². The van der Waals surface area contributed by atoms with Crippen molar-refractivity contribution in [2.75, 3.05) is 27.2 Å². The van der Waals surface area contributed by atoms with E-state index < -0.39 is 0 Å². The summed E-state index contributed by atoms with van der Waals surface area (Å²) in [6, 6.07) is 7.95. The normalized spacial score (nSPS) is 27.7. The Labute approximate surface area is 122 Å². The van der Waals surface area contributed by atoms with Gasteiger partial charge in [-0.3, -0.25) is 14.8 Å². The van der Waals surface area contributed by atoms with Gasteiger partial charge in [0, 0.05) is 38.3 Å². The fourth-order valence-electron chi connectivity index (χ4n) is 3.65. The van der Waals surface area contributed by atoms with Gasteiger partial charge in [-0.1, -0.05) is 6.07 Å². The van der Waals surface area contributed by atoms with Crippen molar-refractivity contribution < 1.29 is 0 Å². The molecule has 2 bridgehead atoms. The SMILES string of the molecule is CNCc1cccc(CN2CCC3CCC(C2)N3C)n1. The zero-order valence-corrected chi connectivity index (χ0v) is 12.7. The van der Waals surface area contributed by atoms with Crippen molar-refractivity contribution in [2.24, 2.45) is 0 Å². The van der Waals surface area contributed by atoms with Gasteiger partial charge in [-0.05, 0) is 45.5 Å². The molecule has 0 aliphatic carbocycles. The molecule has 4 nitrogen and oxygen atoms in total. The van der Waals surface area contributed by atoms with Crippen LogP contribution in [0.3, 0.4) is 0 Å². The molecular weight excluding hydrogens is 248 g/mol. The molecule has 0 aromatic carbocycles. The maximum absolute atomic E-state index is 4.75. The number of nitrogens with one attached hydrogen (secondary N) is 1. The number of likely N-dealkylation sites (tertiary alicyclic amines) is 1. The van der Waals surface area contributed by atoms with Gasteiger partial charge in [-0.25, -0.2) is 0 Å². The van der Waals surface area contributed by atoms with Crippen LogP contribution in [0.4, 0.5) is 0 Å². The molecule has 0 amide bonds. The van der Waals surface area contributed by atoms with E-state index in [0.717, 1.165) is 30.9 Å². The summed E-state index contributed by atoms with van der Waals surface area (Å²) in [7, 11) is 4.27. The van der Waals surface area contributed by atoms with Gasteiger partial charge in [0.2, 0.25) is 0 Å². The highest BCUT2D eigenvalue weighted by molar-refractivity contribution is 5.11. The molecular formula is C16H26N4. The van der Waals surface area contributed by atoms with Crippen LogP contribution < -0.4 is 5.32 Å². The Bertz CT molecular complexity index is 448. The largest absolute Gasteiger partial charge is 0.314 e. The van der Waals surface area contributed by atoms with E-state index in [9.17, 15) is 0 Å². The number of likely N-dealkylation sites (N-methyl/N-ethyl adjacent to an activating group) is 1.